The average molecular weight is 348 g/mol. The fourth-order valence-electron chi connectivity index (χ4n) is 2.46. The number of nitrogens with zero attached hydrogens (tertiary/aromatic N) is 2. The highest BCUT2D eigenvalue weighted by atomic mass is 35.5. The SMILES string of the molecule is CCNC(=NCc1ccn[nH]1)NCC(C)(C)Cc1cccc(Cl)c1. The molecule has 0 fully saturated rings. The zero-order chi connectivity index (χ0) is 17.4. The minimum atomic E-state index is 0.0782. The Kier molecular flexibility index (Phi) is 6.67. The summed E-state index contributed by atoms with van der Waals surface area (Å²) in [6.07, 6.45) is 2.68. The lowest BCUT2D eigenvalue weighted by molar-refractivity contribution is 0.359. The van der Waals surface area contributed by atoms with Crippen molar-refractivity contribution in [2.24, 2.45) is 10.4 Å². The van der Waals surface area contributed by atoms with E-state index in [1.165, 1.54) is 5.56 Å². The second kappa shape index (κ2) is 8.73. The van der Waals surface area contributed by atoms with Crippen molar-refractivity contribution in [3.8, 4) is 0 Å². The summed E-state index contributed by atoms with van der Waals surface area (Å²) in [6, 6.07) is 9.97. The normalized spacial score (nSPS) is 12.2. The van der Waals surface area contributed by atoms with Gasteiger partial charge in [-0.25, -0.2) is 4.99 Å². The van der Waals surface area contributed by atoms with E-state index in [1.807, 2.05) is 24.3 Å². The van der Waals surface area contributed by atoms with Crippen LogP contribution in [0.5, 0.6) is 0 Å². The first-order chi connectivity index (χ1) is 11.5. The summed E-state index contributed by atoms with van der Waals surface area (Å²) >= 11 is 6.08. The smallest absolute Gasteiger partial charge is 0.191 e. The van der Waals surface area contributed by atoms with Gasteiger partial charge in [-0.05, 0) is 42.5 Å². The largest absolute Gasteiger partial charge is 0.357 e. The molecule has 2 rings (SSSR count). The summed E-state index contributed by atoms with van der Waals surface area (Å²) in [7, 11) is 0. The van der Waals surface area contributed by atoms with E-state index in [9.17, 15) is 0 Å². The number of nitrogens with one attached hydrogen (secondary N) is 3. The molecule has 2 aromatic rings. The minimum Gasteiger partial charge on any atom is -0.357 e. The molecular formula is C18H26ClN5. The van der Waals surface area contributed by atoms with Crippen LogP contribution in [0, 0.1) is 5.41 Å². The van der Waals surface area contributed by atoms with Crippen LogP contribution < -0.4 is 10.6 Å². The van der Waals surface area contributed by atoms with Gasteiger partial charge in [0.25, 0.3) is 0 Å². The van der Waals surface area contributed by atoms with Crippen molar-refractivity contribution in [1.82, 2.24) is 20.8 Å². The van der Waals surface area contributed by atoms with Gasteiger partial charge < -0.3 is 10.6 Å². The highest BCUT2D eigenvalue weighted by Gasteiger charge is 2.19. The van der Waals surface area contributed by atoms with Gasteiger partial charge in [-0.3, -0.25) is 5.10 Å². The number of aromatic nitrogens is 2. The third-order valence-corrected chi connectivity index (χ3v) is 3.85. The zero-order valence-electron chi connectivity index (χ0n) is 14.6. The number of hydrogen-bond donors (Lipinski definition) is 3. The Morgan fingerprint density at radius 2 is 2.12 bits per heavy atom. The number of guanidine groups is 1. The Hall–Kier alpha value is -2.01. The molecule has 0 aliphatic rings. The molecule has 5 nitrogen and oxygen atoms in total. The van der Waals surface area contributed by atoms with Crippen molar-refractivity contribution in [2.75, 3.05) is 13.1 Å². The first-order valence-electron chi connectivity index (χ1n) is 8.23. The summed E-state index contributed by atoms with van der Waals surface area (Å²) in [6.45, 7) is 8.74. The molecule has 0 aliphatic carbocycles. The van der Waals surface area contributed by atoms with Crippen molar-refractivity contribution >= 4 is 17.6 Å². The van der Waals surface area contributed by atoms with Crippen molar-refractivity contribution in [2.45, 2.75) is 33.7 Å². The van der Waals surface area contributed by atoms with Crippen LogP contribution in [0.1, 0.15) is 32.0 Å². The summed E-state index contributed by atoms with van der Waals surface area (Å²) in [5, 5.41) is 14.3. The van der Waals surface area contributed by atoms with E-state index < -0.39 is 0 Å². The number of hydrogen-bond acceptors (Lipinski definition) is 2. The Morgan fingerprint density at radius 1 is 1.29 bits per heavy atom. The van der Waals surface area contributed by atoms with Gasteiger partial charge in [0, 0.05) is 24.3 Å². The van der Waals surface area contributed by atoms with E-state index in [0.29, 0.717) is 6.54 Å². The second-order valence-electron chi connectivity index (χ2n) is 6.60. The van der Waals surface area contributed by atoms with Crippen LogP contribution in [0.25, 0.3) is 0 Å². The molecule has 0 saturated heterocycles. The predicted molar refractivity (Wildman–Crippen MR) is 100 cm³/mol. The Bertz CT molecular complexity index is 649. The molecule has 0 unspecified atom stereocenters. The van der Waals surface area contributed by atoms with E-state index in [1.54, 1.807) is 6.20 Å². The van der Waals surface area contributed by atoms with Gasteiger partial charge in [0.1, 0.15) is 0 Å². The molecule has 3 N–H and O–H groups in total. The molecule has 130 valence electrons. The van der Waals surface area contributed by atoms with E-state index in [0.717, 1.165) is 36.2 Å². The molecule has 24 heavy (non-hydrogen) atoms. The fourth-order valence-corrected chi connectivity index (χ4v) is 2.68. The molecule has 1 aromatic heterocycles. The maximum absolute atomic E-state index is 6.08. The second-order valence-corrected chi connectivity index (χ2v) is 7.04. The highest BCUT2D eigenvalue weighted by Crippen LogP contribution is 2.22. The number of aliphatic imine (C=N–C) groups is 1. The summed E-state index contributed by atoms with van der Waals surface area (Å²) in [5.41, 5.74) is 2.31. The summed E-state index contributed by atoms with van der Waals surface area (Å²) in [5.74, 6) is 0.811. The van der Waals surface area contributed by atoms with Gasteiger partial charge in [0.05, 0.1) is 12.2 Å². The number of rotatable bonds is 7. The number of benzene rings is 1. The van der Waals surface area contributed by atoms with E-state index in [2.05, 4.69) is 52.7 Å². The minimum absolute atomic E-state index is 0.0782. The lowest BCUT2D eigenvalue weighted by Crippen LogP contribution is -2.42. The maximum Gasteiger partial charge on any atom is 0.191 e. The molecular weight excluding hydrogens is 322 g/mol. The van der Waals surface area contributed by atoms with Crippen molar-refractivity contribution in [3.63, 3.8) is 0 Å². The van der Waals surface area contributed by atoms with E-state index in [4.69, 9.17) is 11.6 Å². The molecule has 0 radical (unpaired) electrons. The predicted octanol–water partition coefficient (Wildman–Crippen LogP) is 3.39. The lowest BCUT2D eigenvalue weighted by Gasteiger charge is -2.26. The quantitative estimate of drug-likeness (QED) is 0.531. The van der Waals surface area contributed by atoms with Crippen LogP contribution in [0.3, 0.4) is 0 Å². The molecule has 0 bridgehead atoms. The lowest BCUT2D eigenvalue weighted by atomic mass is 9.86. The van der Waals surface area contributed by atoms with Crippen molar-refractivity contribution in [1.29, 1.82) is 0 Å². The Labute approximate surface area is 148 Å². The van der Waals surface area contributed by atoms with Gasteiger partial charge in [-0.1, -0.05) is 37.6 Å². The molecule has 0 saturated carbocycles. The van der Waals surface area contributed by atoms with Gasteiger partial charge in [0.15, 0.2) is 5.96 Å². The molecule has 6 heteroatoms. The zero-order valence-corrected chi connectivity index (χ0v) is 15.3. The first kappa shape index (κ1) is 18.3. The van der Waals surface area contributed by atoms with E-state index in [-0.39, 0.29) is 5.41 Å². The highest BCUT2D eigenvalue weighted by molar-refractivity contribution is 6.30. The number of H-pyrrole nitrogens is 1. The molecule has 1 aromatic carbocycles. The van der Waals surface area contributed by atoms with Gasteiger partial charge >= 0.3 is 0 Å². The monoisotopic (exact) mass is 347 g/mol. The van der Waals surface area contributed by atoms with Crippen LogP contribution in [0.15, 0.2) is 41.5 Å². The Morgan fingerprint density at radius 3 is 2.79 bits per heavy atom. The molecule has 0 spiro atoms. The van der Waals surface area contributed by atoms with Gasteiger partial charge in [-0.2, -0.15) is 5.10 Å². The maximum atomic E-state index is 6.08. The topological polar surface area (TPSA) is 65.1 Å². The molecule has 0 aliphatic heterocycles. The van der Waals surface area contributed by atoms with Crippen molar-refractivity contribution in [3.05, 3.63) is 52.8 Å². The van der Waals surface area contributed by atoms with Crippen LogP contribution >= 0.6 is 11.6 Å². The molecule has 1 heterocycles. The van der Waals surface area contributed by atoms with E-state index >= 15 is 0 Å². The van der Waals surface area contributed by atoms with Crippen LogP contribution in [0.2, 0.25) is 5.02 Å². The molecule has 0 amide bonds. The third-order valence-electron chi connectivity index (χ3n) is 3.62. The summed E-state index contributed by atoms with van der Waals surface area (Å²) < 4.78 is 0. The third kappa shape index (κ3) is 6.24. The van der Waals surface area contributed by atoms with Crippen LogP contribution in [0.4, 0.5) is 0 Å². The standard InChI is InChI=1S/C18H26ClN5/c1-4-20-17(21-12-16-8-9-23-24-16)22-13-18(2,3)11-14-6-5-7-15(19)10-14/h5-10H,4,11-13H2,1-3H3,(H,23,24)(H2,20,21,22). The fraction of sp³-hybridized carbons (Fsp3) is 0.444. The number of halogens is 1. The van der Waals surface area contributed by atoms with Gasteiger partial charge in [0.2, 0.25) is 0 Å². The Balaban J connectivity index is 1.92. The first-order valence-corrected chi connectivity index (χ1v) is 8.61. The number of aromatic amines is 1. The van der Waals surface area contributed by atoms with Crippen molar-refractivity contribution < 1.29 is 0 Å². The summed E-state index contributed by atoms with van der Waals surface area (Å²) in [4.78, 5) is 4.58. The average Bonchev–Trinajstić information content (AvgIpc) is 3.03. The van der Waals surface area contributed by atoms with Crippen LogP contribution in [-0.4, -0.2) is 29.2 Å². The van der Waals surface area contributed by atoms with Gasteiger partial charge in [-0.15, -0.1) is 0 Å². The van der Waals surface area contributed by atoms with Crippen LogP contribution in [-0.2, 0) is 13.0 Å². The molecule has 0 atom stereocenters.